The minimum Gasteiger partial charge on any atom is -0.357 e. The van der Waals surface area contributed by atoms with E-state index in [1.54, 1.807) is 13.0 Å². The number of fused-ring (bicyclic) bond motifs is 1. The largest absolute Gasteiger partial charge is 0.357 e. The maximum Gasteiger partial charge on any atom is 0.262 e. The number of nitrogens with zero attached hydrogens (tertiary/aromatic N) is 2. The third-order valence-electron chi connectivity index (χ3n) is 4.18. The Morgan fingerprint density at radius 1 is 1.38 bits per heavy atom. The number of aromatic nitrogens is 2. The van der Waals surface area contributed by atoms with E-state index in [1.165, 1.54) is 11.6 Å². The van der Waals surface area contributed by atoms with Crippen molar-refractivity contribution in [2.75, 3.05) is 7.05 Å². The van der Waals surface area contributed by atoms with Crippen molar-refractivity contribution in [2.24, 2.45) is 0 Å². The van der Waals surface area contributed by atoms with Crippen LogP contribution in [-0.4, -0.2) is 28.8 Å². The Hall–Kier alpha value is -2.50. The second-order valence-electron chi connectivity index (χ2n) is 6.10. The predicted molar refractivity (Wildman–Crippen MR) is 93.2 cm³/mol. The van der Waals surface area contributed by atoms with Crippen molar-refractivity contribution in [2.45, 2.75) is 45.6 Å². The molecule has 6 nitrogen and oxygen atoms in total. The van der Waals surface area contributed by atoms with Crippen LogP contribution in [0.2, 0.25) is 0 Å². The van der Waals surface area contributed by atoms with Gasteiger partial charge in [0.15, 0.2) is 0 Å². The van der Waals surface area contributed by atoms with Gasteiger partial charge >= 0.3 is 0 Å². The number of aldehydes is 1. The van der Waals surface area contributed by atoms with Gasteiger partial charge in [-0.15, -0.1) is 0 Å². The summed E-state index contributed by atoms with van der Waals surface area (Å²) >= 11 is 0. The average molecular weight is 329 g/mol. The van der Waals surface area contributed by atoms with Crippen molar-refractivity contribution < 1.29 is 9.59 Å². The first-order valence-corrected chi connectivity index (χ1v) is 8.09. The minimum absolute atomic E-state index is 0.160. The number of carbonyl (C=O) groups is 2. The topological polar surface area (TPSA) is 81.1 Å². The van der Waals surface area contributed by atoms with Crippen molar-refractivity contribution in [3.63, 3.8) is 0 Å². The fourth-order valence-corrected chi connectivity index (χ4v) is 3.00. The quantitative estimate of drug-likeness (QED) is 0.823. The zero-order valence-corrected chi connectivity index (χ0v) is 14.5. The van der Waals surface area contributed by atoms with Gasteiger partial charge in [-0.3, -0.25) is 14.2 Å². The molecule has 0 bridgehead atoms. The van der Waals surface area contributed by atoms with Gasteiger partial charge in [-0.25, -0.2) is 4.98 Å². The van der Waals surface area contributed by atoms with Crippen LogP contribution >= 0.6 is 0 Å². The van der Waals surface area contributed by atoms with Gasteiger partial charge in [-0.05, 0) is 30.9 Å². The Morgan fingerprint density at radius 2 is 2.08 bits per heavy atom. The van der Waals surface area contributed by atoms with Crippen molar-refractivity contribution in [3.05, 3.63) is 39.9 Å². The molecule has 1 N–H and O–H groups in total. The lowest BCUT2D eigenvalue weighted by molar-refractivity contribution is -0.124. The number of amides is 1. The number of hydrogen-bond acceptors (Lipinski definition) is 4. The van der Waals surface area contributed by atoms with E-state index >= 15 is 0 Å². The van der Waals surface area contributed by atoms with Gasteiger partial charge < -0.3 is 10.1 Å². The summed E-state index contributed by atoms with van der Waals surface area (Å²) in [5.41, 5.74) is 1.30. The molecular formula is C18H23N3O3. The summed E-state index contributed by atoms with van der Waals surface area (Å²) in [6.45, 7) is 5.74. The Morgan fingerprint density at radius 3 is 2.67 bits per heavy atom. The van der Waals surface area contributed by atoms with E-state index in [-0.39, 0.29) is 30.2 Å². The molecule has 0 saturated carbocycles. The van der Waals surface area contributed by atoms with E-state index in [9.17, 15) is 14.4 Å². The summed E-state index contributed by atoms with van der Waals surface area (Å²) in [7, 11) is 1.52. The predicted octanol–water partition coefficient (Wildman–Crippen LogP) is 2.09. The molecule has 1 atom stereocenters. The van der Waals surface area contributed by atoms with Crippen LogP contribution in [0, 0.1) is 6.92 Å². The third kappa shape index (κ3) is 3.22. The number of nitrogens with one attached hydrogen (secondary N) is 1. The van der Waals surface area contributed by atoms with Gasteiger partial charge in [0, 0.05) is 13.5 Å². The lowest BCUT2D eigenvalue weighted by Crippen LogP contribution is -2.37. The molecule has 0 saturated heterocycles. The fraction of sp³-hybridized carbons (Fsp3) is 0.444. The number of carbonyl (C=O) groups excluding carboxylic acids is 2. The first-order valence-electron chi connectivity index (χ1n) is 8.09. The number of benzene rings is 1. The van der Waals surface area contributed by atoms with Crippen molar-refractivity contribution in [1.82, 2.24) is 14.9 Å². The molecule has 0 aliphatic heterocycles. The van der Waals surface area contributed by atoms with Gasteiger partial charge in [-0.2, -0.15) is 0 Å². The Labute approximate surface area is 140 Å². The molecule has 1 aromatic heterocycles. The van der Waals surface area contributed by atoms with Crippen LogP contribution in [0.5, 0.6) is 0 Å². The van der Waals surface area contributed by atoms with E-state index in [2.05, 4.69) is 10.3 Å². The summed E-state index contributed by atoms with van der Waals surface area (Å²) in [6.07, 6.45) is 1.22. The molecule has 128 valence electrons. The summed E-state index contributed by atoms with van der Waals surface area (Å²) in [6, 6.07) is 4.86. The van der Waals surface area contributed by atoms with Crippen LogP contribution in [0.25, 0.3) is 10.9 Å². The zero-order valence-electron chi connectivity index (χ0n) is 14.5. The molecular weight excluding hydrogens is 306 g/mol. The molecule has 1 aromatic carbocycles. The molecule has 0 aliphatic rings. The van der Waals surface area contributed by atoms with E-state index in [4.69, 9.17) is 0 Å². The Kier molecular flexibility index (Phi) is 5.49. The van der Waals surface area contributed by atoms with Crippen molar-refractivity contribution in [1.29, 1.82) is 0 Å². The number of hydrogen-bond donors (Lipinski definition) is 1. The van der Waals surface area contributed by atoms with Gasteiger partial charge in [0.25, 0.3) is 5.56 Å². The van der Waals surface area contributed by atoms with Gasteiger partial charge in [0.1, 0.15) is 18.2 Å². The third-order valence-corrected chi connectivity index (χ3v) is 4.18. The highest BCUT2D eigenvalue weighted by atomic mass is 16.2. The molecule has 1 amide bonds. The van der Waals surface area contributed by atoms with Crippen LogP contribution in [0.15, 0.2) is 23.0 Å². The Balaban J connectivity index is 2.77. The highest BCUT2D eigenvalue weighted by molar-refractivity contribution is 5.84. The molecule has 2 rings (SSSR count). The molecule has 0 radical (unpaired) electrons. The molecule has 6 heteroatoms. The normalized spacial score (nSPS) is 12.4. The SMILES string of the molecule is CNC(=O)C(CCC=O)n1c(C)nc2cccc(C(C)C)c2c1=O. The zero-order chi connectivity index (χ0) is 17.9. The fourth-order valence-electron chi connectivity index (χ4n) is 3.00. The van der Waals surface area contributed by atoms with Crippen LogP contribution in [0.3, 0.4) is 0 Å². The number of likely N-dealkylation sites (N-methyl/N-ethyl adjacent to an activating group) is 1. The lowest BCUT2D eigenvalue weighted by atomic mass is 9.98. The summed E-state index contributed by atoms with van der Waals surface area (Å²) in [4.78, 5) is 40.7. The van der Waals surface area contributed by atoms with Gasteiger partial charge in [-0.1, -0.05) is 26.0 Å². The van der Waals surface area contributed by atoms with Crippen molar-refractivity contribution in [3.8, 4) is 0 Å². The molecule has 24 heavy (non-hydrogen) atoms. The minimum atomic E-state index is -0.746. The van der Waals surface area contributed by atoms with Crippen LogP contribution in [0.4, 0.5) is 0 Å². The first-order chi connectivity index (χ1) is 11.4. The molecule has 1 heterocycles. The molecule has 0 aliphatic carbocycles. The van der Waals surface area contributed by atoms with E-state index in [0.29, 0.717) is 16.7 Å². The summed E-state index contributed by atoms with van der Waals surface area (Å²) in [5, 5.41) is 3.11. The summed E-state index contributed by atoms with van der Waals surface area (Å²) < 4.78 is 1.41. The van der Waals surface area contributed by atoms with Gasteiger partial charge in [0.05, 0.1) is 10.9 Å². The average Bonchev–Trinajstić information content (AvgIpc) is 2.56. The number of rotatable bonds is 6. The number of aryl methyl sites for hydroxylation is 1. The first kappa shape index (κ1) is 17.8. The highest BCUT2D eigenvalue weighted by Crippen LogP contribution is 2.23. The lowest BCUT2D eigenvalue weighted by Gasteiger charge is -2.21. The molecule has 2 aromatic rings. The molecule has 1 unspecified atom stereocenters. The van der Waals surface area contributed by atoms with Crippen LogP contribution < -0.4 is 10.9 Å². The van der Waals surface area contributed by atoms with E-state index in [0.717, 1.165) is 11.8 Å². The molecule has 0 fully saturated rings. The summed E-state index contributed by atoms with van der Waals surface area (Å²) in [5.74, 6) is 0.325. The van der Waals surface area contributed by atoms with E-state index in [1.807, 2.05) is 26.0 Å². The van der Waals surface area contributed by atoms with Crippen molar-refractivity contribution >= 4 is 23.1 Å². The van der Waals surface area contributed by atoms with E-state index < -0.39 is 6.04 Å². The van der Waals surface area contributed by atoms with Crippen LogP contribution in [0.1, 0.15) is 50.0 Å². The second kappa shape index (κ2) is 7.38. The smallest absolute Gasteiger partial charge is 0.262 e. The Bertz CT molecular complexity index is 824. The standard InChI is InChI=1S/C18H23N3O3/c1-11(2)13-7-5-8-14-16(13)18(24)21(12(3)20-14)15(9-6-10-22)17(23)19-4/h5,7-8,10-11,15H,6,9H2,1-4H3,(H,19,23). The van der Waals surface area contributed by atoms with Crippen LogP contribution in [-0.2, 0) is 9.59 Å². The maximum absolute atomic E-state index is 13.2. The highest BCUT2D eigenvalue weighted by Gasteiger charge is 2.24. The molecule has 0 spiro atoms. The van der Waals surface area contributed by atoms with Gasteiger partial charge in [0.2, 0.25) is 5.91 Å². The second-order valence-corrected chi connectivity index (χ2v) is 6.10. The maximum atomic E-state index is 13.2. The monoisotopic (exact) mass is 329 g/mol.